The number of esters is 1. The Hall–Kier alpha value is -3.82. The Labute approximate surface area is 191 Å². The summed E-state index contributed by atoms with van der Waals surface area (Å²) in [7, 11) is 0. The van der Waals surface area contributed by atoms with Crippen molar-refractivity contribution >= 4 is 17.7 Å². The van der Waals surface area contributed by atoms with Crippen LogP contribution in [0, 0.1) is 0 Å². The summed E-state index contributed by atoms with van der Waals surface area (Å²) in [5.41, 5.74) is 1.20. The molecule has 0 saturated carbocycles. The summed E-state index contributed by atoms with van der Waals surface area (Å²) < 4.78 is 10.3. The predicted octanol–water partition coefficient (Wildman–Crippen LogP) is 2.37. The highest BCUT2D eigenvalue weighted by molar-refractivity contribution is 5.89. The number of carbonyl (C=O) groups is 2. The lowest BCUT2D eigenvalue weighted by Crippen LogP contribution is -2.35. The van der Waals surface area contributed by atoms with Gasteiger partial charge in [0.15, 0.2) is 0 Å². The first-order valence-corrected chi connectivity index (χ1v) is 11.0. The van der Waals surface area contributed by atoms with E-state index in [9.17, 15) is 9.59 Å². The lowest BCUT2D eigenvalue weighted by Gasteiger charge is -2.23. The fraction of sp³-hybridized carbons (Fsp3) is 0.391. The molecule has 1 saturated heterocycles. The van der Waals surface area contributed by atoms with Crippen molar-refractivity contribution in [3.8, 4) is 11.4 Å². The highest BCUT2D eigenvalue weighted by atomic mass is 16.5. The van der Waals surface area contributed by atoms with Crippen LogP contribution in [0.4, 0.5) is 5.82 Å². The number of pyridine rings is 2. The molecule has 0 bridgehead atoms. The number of ether oxygens (including phenoxy) is 1. The Kier molecular flexibility index (Phi) is 7.23. The molecule has 10 nitrogen and oxygen atoms in total. The van der Waals surface area contributed by atoms with E-state index in [2.05, 4.69) is 25.0 Å². The maximum absolute atomic E-state index is 12.8. The normalized spacial score (nSPS) is 14.1. The molecule has 3 aromatic heterocycles. The molecule has 1 aliphatic heterocycles. The molecular weight excluding hydrogens is 424 g/mol. The summed E-state index contributed by atoms with van der Waals surface area (Å²) in [6.45, 7) is 4.84. The second kappa shape index (κ2) is 10.7. The van der Waals surface area contributed by atoms with Crippen LogP contribution in [0.2, 0.25) is 0 Å². The molecule has 1 aliphatic rings. The number of hydrogen-bond donors (Lipinski definition) is 0. The van der Waals surface area contributed by atoms with Gasteiger partial charge in [-0.2, -0.15) is 4.98 Å². The van der Waals surface area contributed by atoms with E-state index in [0.717, 1.165) is 24.3 Å². The number of carbonyl (C=O) groups excluding carboxylic acids is 2. The fourth-order valence-electron chi connectivity index (χ4n) is 3.64. The SMILES string of the molecule is CCOC(=O)c1ccc(N2CCCN(C(=O)CCc3nc(-c4cccnc4)no3)CC2)nc1. The van der Waals surface area contributed by atoms with E-state index in [4.69, 9.17) is 9.26 Å². The number of aryl methyl sites for hydroxylation is 1. The maximum atomic E-state index is 12.8. The molecule has 4 rings (SSSR count). The van der Waals surface area contributed by atoms with Crippen LogP contribution in [0.15, 0.2) is 47.4 Å². The van der Waals surface area contributed by atoms with Crippen LogP contribution >= 0.6 is 0 Å². The molecule has 1 fully saturated rings. The molecule has 0 aliphatic carbocycles. The topological polar surface area (TPSA) is 115 Å². The average Bonchev–Trinajstić information content (AvgIpc) is 3.19. The van der Waals surface area contributed by atoms with E-state index in [1.165, 1.54) is 6.20 Å². The number of aromatic nitrogens is 4. The standard InChI is InChI=1S/C23H26N6O4/c1-2-32-23(31)18-6-7-19(25-16-18)28-11-4-12-29(14-13-28)21(30)9-8-20-26-22(27-33-20)17-5-3-10-24-15-17/h3,5-7,10,15-16H,2,4,8-9,11-14H2,1H3. The van der Waals surface area contributed by atoms with E-state index in [1.807, 2.05) is 23.1 Å². The van der Waals surface area contributed by atoms with Gasteiger partial charge in [0.25, 0.3) is 0 Å². The number of hydrogen-bond acceptors (Lipinski definition) is 9. The lowest BCUT2D eigenvalue weighted by molar-refractivity contribution is -0.131. The minimum atomic E-state index is -0.377. The van der Waals surface area contributed by atoms with E-state index in [1.54, 1.807) is 25.4 Å². The van der Waals surface area contributed by atoms with Gasteiger partial charge in [-0.05, 0) is 37.6 Å². The molecule has 0 spiro atoms. The summed E-state index contributed by atoms with van der Waals surface area (Å²) in [6, 6.07) is 7.20. The Morgan fingerprint density at radius 2 is 2.03 bits per heavy atom. The van der Waals surface area contributed by atoms with Crippen molar-refractivity contribution in [2.45, 2.75) is 26.2 Å². The van der Waals surface area contributed by atoms with Crippen molar-refractivity contribution in [3.63, 3.8) is 0 Å². The summed E-state index contributed by atoms with van der Waals surface area (Å²) in [6.07, 6.45) is 6.41. The van der Waals surface area contributed by atoms with E-state index < -0.39 is 0 Å². The fourth-order valence-corrected chi connectivity index (χ4v) is 3.64. The van der Waals surface area contributed by atoms with Crippen LogP contribution in [-0.2, 0) is 16.0 Å². The molecule has 4 heterocycles. The predicted molar refractivity (Wildman–Crippen MR) is 119 cm³/mol. The Balaban J connectivity index is 1.28. The van der Waals surface area contributed by atoms with Crippen LogP contribution in [0.1, 0.15) is 36.0 Å². The van der Waals surface area contributed by atoms with Gasteiger partial charge in [-0.1, -0.05) is 5.16 Å². The first kappa shape index (κ1) is 22.4. The van der Waals surface area contributed by atoms with E-state index in [-0.39, 0.29) is 11.9 Å². The summed E-state index contributed by atoms with van der Waals surface area (Å²) in [5, 5.41) is 3.97. The van der Waals surface area contributed by atoms with Crippen LogP contribution in [0.3, 0.4) is 0 Å². The molecule has 0 N–H and O–H groups in total. The number of nitrogens with zero attached hydrogens (tertiary/aromatic N) is 6. The number of anilines is 1. The van der Waals surface area contributed by atoms with Gasteiger partial charge in [0.2, 0.25) is 17.6 Å². The molecule has 0 unspecified atom stereocenters. The van der Waals surface area contributed by atoms with Gasteiger partial charge in [-0.3, -0.25) is 9.78 Å². The van der Waals surface area contributed by atoms with Gasteiger partial charge in [0.05, 0.1) is 12.2 Å². The van der Waals surface area contributed by atoms with Gasteiger partial charge >= 0.3 is 5.97 Å². The zero-order valence-corrected chi connectivity index (χ0v) is 18.5. The van der Waals surface area contributed by atoms with Gasteiger partial charge in [-0.15, -0.1) is 0 Å². The first-order valence-electron chi connectivity index (χ1n) is 11.0. The van der Waals surface area contributed by atoms with Crippen LogP contribution in [-0.4, -0.2) is 69.7 Å². The molecular formula is C23H26N6O4. The molecule has 172 valence electrons. The van der Waals surface area contributed by atoms with Gasteiger partial charge in [0, 0.05) is 63.2 Å². The maximum Gasteiger partial charge on any atom is 0.339 e. The second-order valence-corrected chi connectivity index (χ2v) is 7.60. The van der Waals surface area contributed by atoms with Gasteiger partial charge in [0.1, 0.15) is 5.82 Å². The summed E-state index contributed by atoms with van der Waals surface area (Å²) in [4.78, 5) is 41.4. The van der Waals surface area contributed by atoms with Crippen molar-refractivity contribution in [2.24, 2.45) is 0 Å². The van der Waals surface area contributed by atoms with Crippen molar-refractivity contribution in [3.05, 3.63) is 54.3 Å². The summed E-state index contributed by atoms with van der Waals surface area (Å²) in [5.74, 6) is 1.37. The monoisotopic (exact) mass is 450 g/mol. The van der Waals surface area contributed by atoms with Gasteiger partial charge in [-0.25, -0.2) is 9.78 Å². The second-order valence-electron chi connectivity index (χ2n) is 7.60. The van der Waals surface area contributed by atoms with Crippen molar-refractivity contribution in [1.82, 2.24) is 25.0 Å². The van der Waals surface area contributed by atoms with Gasteiger partial charge < -0.3 is 19.1 Å². The first-order chi connectivity index (χ1) is 16.1. The molecule has 0 aromatic carbocycles. The largest absolute Gasteiger partial charge is 0.462 e. The van der Waals surface area contributed by atoms with Crippen molar-refractivity contribution in [1.29, 1.82) is 0 Å². The third-order valence-electron chi connectivity index (χ3n) is 5.37. The minimum Gasteiger partial charge on any atom is -0.462 e. The third kappa shape index (κ3) is 5.71. The van der Waals surface area contributed by atoms with Crippen molar-refractivity contribution < 1.29 is 18.8 Å². The molecule has 0 atom stereocenters. The zero-order valence-electron chi connectivity index (χ0n) is 18.5. The third-order valence-corrected chi connectivity index (χ3v) is 5.37. The molecule has 33 heavy (non-hydrogen) atoms. The smallest absolute Gasteiger partial charge is 0.339 e. The Morgan fingerprint density at radius 3 is 2.79 bits per heavy atom. The average molecular weight is 450 g/mol. The van der Waals surface area contributed by atoms with Crippen LogP contribution < -0.4 is 4.90 Å². The van der Waals surface area contributed by atoms with E-state index in [0.29, 0.717) is 56.4 Å². The van der Waals surface area contributed by atoms with Crippen LogP contribution in [0.25, 0.3) is 11.4 Å². The Bertz CT molecular complexity index is 1070. The zero-order chi connectivity index (χ0) is 23.0. The summed E-state index contributed by atoms with van der Waals surface area (Å²) >= 11 is 0. The quantitative estimate of drug-likeness (QED) is 0.500. The Morgan fingerprint density at radius 1 is 1.12 bits per heavy atom. The number of rotatable bonds is 7. The highest BCUT2D eigenvalue weighted by Gasteiger charge is 2.21. The lowest BCUT2D eigenvalue weighted by atomic mass is 10.2. The molecule has 10 heteroatoms. The van der Waals surface area contributed by atoms with Crippen LogP contribution in [0.5, 0.6) is 0 Å². The molecule has 0 radical (unpaired) electrons. The molecule has 1 amide bonds. The van der Waals surface area contributed by atoms with E-state index >= 15 is 0 Å². The molecule has 3 aromatic rings. The number of amides is 1. The highest BCUT2D eigenvalue weighted by Crippen LogP contribution is 2.17. The van der Waals surface area contributed by atoms with Crippen molar-refractivity contribution in [2.75, 3.05) is 37.7 Å². The minimum absolute atomic E-state index is 0.0589.